The number of ether oxygens (including phenoxy) is 1. The lowest BCUT2D eigenvalue weighted by atomic mass is 9.87. The minimum atomic E-state index is -3.86. The molecule has 1 fully saturated rings. The molecule has 10 heteroatoms. The van der Waals surface area contributed by atoms with Gasteiger partial charge in [-0.3, -0.25) is 4.79 Å². The smallest absolute Gasteiger partial charge is 0.337 e. The summed E-state index contributed by atoms with van der Waals surface area (Å²) in [7, 11) is -3.86. The van der Waals surface area contributed by atoms with Crippen molar-refractivity contribution in [3.63, 3.8) is 0 Å². The Morgan fingerprint density at radius 2 is 2.13 bits per heavy atom. The van der Waals surface area contributed by atoms with E-state index in [0.717, 1.165) is 0 Å². The second-order valence-electron chi connectivity index (χ2n) is 7.40. The molecule has 1 aliphatic carbocycles. The van der Waals surface area contributed by atoms with Gasteiger partial charge in [0.25, 0.3) is 0 Å². The van der Waals surface area contributed by atoms with Crippen molar-refractivity contribution in [1.82, 2.24) is 0 Å². The maximum Gasteiger partial charge on any atom is 0.337 e. The van der Waals surface area contributed by atoms with Crippen LogP contribution in [-0.2, 0) is 24.2 Å². The average molecular weight is 454 g/mol. The number of rotatable bonds is 5. The third-order valence-corrected chi connectivity index (χ3v) is 7.79. The minimum Gasteiger partial charge on any atom is -0.478 e. The van der Waals surface area contributed by atoms with Crippen LogP contribution in [0.2, 0.25) is 5.02 Å². The van der Waals surface area contributed by atoms with Crippen LogP contribution in [0.1, 0.15) is 54.1 Å². The number of allylic oxidation sites excluding steroid dienone is 2. The largest absolute Gasteiger partial charge is 0.478 e. The lowest BCUT2D eigenvalue weighted by Gasteiger charge is -2.22. The number of carboxylic acids is 1. The van der Waals surface area contributed by atoms with Gasteiger partial charge >= 0.3 is 5.97 Å². The number of nitrogens with zero attached hydrogens (tertiary/aromatic N) is 1. The van der Waals surface area contributed by atoms with Gasteiger partial charge in [0.15, 0.2) is 15.6 Å². The first kappa shape index (κ1) is 21.0. The van der Waals surface area contributed by atoms with Gasteiger partial charge in [0.05, 0.1) is 39.5 Å². The minimum absolute atomic E-state index is 0.0327. The molecular formula is C20H20ClNO7S. The fourth-order valence-electron chi connectivity index (χ4n) is 4.08. The Hall–Kier alpha value is -2.23. The Labute approximate surface area is 178 Å². The summed E-state index contributed by atoms with van der Waals surface area (Å²) in [6, 6.07) is 1.25. The van der Waals surface area contributed by atoms with Crippen LogP contribution in [0.4, 0.5) is 0 Å². The van der Waals surface area contributed by atoms with Crippen LogP contribution in [0.3, 0.4) is 0 Å². The van der Waals surface area contributed by atoms with Crippen LogP contribution in [0.5, 0.6) is 0 Å². The van der Waals surface area contributed by atoms with E-state index in [1.165, 1.54) is 19.1 Å². The normalized spacial score (nSPS) is 23.6. The van der Waals surface area contributed by atoms with Crippen molar-refractivity contribution in [3.8, 4) is 0 Å². The lowest BCUT2D eigenvalue weighted by Crippen LogP contribution is -2.24. The second kappa shape index (κ2) is 7.79. The Morgan fingerprint density at radius 3 is 2.80 bits per heavy atom. The zero-order valence-electron chi connectivity index (χ0n) is 16.2. The van der Waals surface area contributed by atoms with Crippen LogP contribution in [0.25, 0.3) is 5.57 Å². The van der Waals surface area contributed by atoms with Crippen LogP contribution < -0.4 is 0 Å². The summed E-state index contributed by atoms with van der Waals surface area (Å²) in [4.78, 5) is 29.2. The monoisotopic (exact) mass is 453 g/mol. The maximum absolute atomic E-state index is 13.2. The van der Waals surface area contributed by atoms with Gasteiger partial charge in [-0.15, -0.1) is 0 Å². The van der Waals surface area contributed by atoms with E-state index >= 15 is 0 Å². The van der Waals surface area contributed by atoms with Crippen molar-refractivity contribution >= 4 is 44.5 Å². The fraction of sp³-hybridized carbons (Fsp3) is 0.450. The Kier molecular flexibility index (Phi) is 5.46. The zero-order chi connectivity index (χ0) is 21.6. The number of aromatic carboxylic acids is 1. The van der Waals surface area contributed by atoms with Crippen LogP contribution in [0, 0.1) is 5.92 Å². The lowest BCUT2D eigenvalue weighted by molar-refractivity contribution is -0.114. The van der Waals surface area contributed by atoms with Gasteiger partial charge in [0, 0.05) is 12.0 Å². The Balaban J connectivity index is 2.07. The Bertz CT molecular complexity index is 1110. The molecule has 2 unspecified atom stereocenters. The van der Waals surface area contributed by atoms with Gasteiger partial charge in [0.1, 0.15) is 0 Å². The highest BCUT2D eigenvalue weighted by molar-refractivity contribution is 7.91. The van der Waals surface area contributed by atoms with Crippen LogP contribution in [0.15, 0.2) is 22.2 Å². The molecule has 1 aromatic carbocycles. The molecule has 0 radical (unpaired) electrons. The molecule has 0 aromatic heterocycles. The highest BCUT2D eigenvalue weighted by Gasteiger charge is 2.44. The molecule has 1 N–H and O–H groups in total. The fourth-order valence-corrected chi connectivity index (χ4v) is 5.79. The molecule has 2 aliphatic heterocycles. The number of carbonyl (C=O) groups excluding carboxylic acids is 1. The van der Waals surface area contributed by atoms with Gasteiger partial charge in [0.2, 0.25) is 6.29 Å². The number of oxime groups is 1. The maximum atomic E-state index is 13.2. The van der Waals surface area contributed by atoms with E-state index in [1.54, 1.807) is 0 Å². The average Bonchev–Trinajstić information content (AvgIpc) is 3.31. The molecule has 160 valence electrons. The third kappa shape index (κ3) is 3.44. The Morgan fingerprint density at radius 1 is 1.37 bits per heavy atom. The predicted octanol–water partition coefficient (Wildman–Crippen LogP) is 3.07. The molecule has 4 rings (SSSR count). The number of fused-ring (bicyclic) bond motifs is 1. The van der Waals surface area contributed by atoms with Crippen molar-refractivity contribution in [3.05, 3.63) is 33.9 Å². The summed E-state index contributed by atoms with van der Waals surface area (Å²) in [5, 5.41) is 13.5. The van der Waals surface area contributed by atoms with Crippen molar-refractivity contribution in [2.24, 2.45) is 11.1 Å². The van der Waals surface area contributed by atoms with Gasteiger partial charge < -0.3 is 14.7 Å². The standard InChI is InChI=1S/C20H20ClNO7S/c1-2-30(26,27)18-13(10-4-3-5-11(23)8-10)9-14(19(24)25)16(21)15(18)17-12-6-7-28-20(12)29-22-17/h8-9,12,20H,2-7H2,1H3,(H,24,25). The summed E-state index contributed by atoms with van der Waals surface area (Å²) in [6.07, 6.45) is 2.66. The molecule has 1 saturated heterocycles. The van der Waals surface area contributed by atoms with E-state index in [0.29, 0.717) is 37.9 Å². The molecule has 1 aromatic rings. The quantitative estimate of drug-likeness (QED) is 0.727. The number of benzene rings is 1. The SMILES string of the molecule is CCS(=O)(=O)c1c(C2=CC(=O)CCC2)cc(C(=O)O)c(Cl)c1C1=NOC2OCCC12. The number of sulfone groups is 1. The first-order valence-corrected chi connectivity index (χ1v) is 11.7. The summed E-state index contributed by atoms with van der Waals surface area (Å²) < 4.78 is 31.9. The van der Waals surface area contributed by atoms with Gasteiger partial charge in [-0.25, -0.2) is 13.2 Å². The van der Waals surface area contributed by atoms with E-state index in [4.69, 9.17) is 21.2 Å². The van der Waals surface area contributed by atoms with Gasteiger partial charge in [-0.05, 0) is 42.5 Å². The molecular weight excluding hydrogens is 434 g/mol. The molecule has 2 heterocycles. The van der Waals surface area contributed by atoms with Crippen molar-refractivity contribution in [1.29, 1.82) is 0 Å². The summed E-state index contributed by atoms with van der Waals surface area (Å²) >= 11 is 6.47. The van der Waals surface area contributed by atoms with E-state index in [2.05, 4.69) is 5.16 Å². The van der Waals surface area contributed by atoms with Crippen LogP contribution >= 0.6 is 11.6 Å². The molecule has 0 saturated carbocycles. The second-order valence-corrected chi connectivity index (χ2v) is 10.00. The van der Waals surface area contributed by atoms with E-state index < -0.39 is 22.1 Å². The number of ketones is 1. The third-order valence-electron chi connectivity index (χ3n) is 5.59. The molecule has 2 atom stereocenters. The summed E-state index contributed by atoms with van der Waals surface area (Å²) in [5.41, 5.74) is 0.719. The van der Waals surface area contributed by atoms with Crippen molar-refractivity contribution in [2.45, 2.75) is 43.8 Å². The number of hydrogen-bond acceptors (Lipinski definition) is 7. The van der Waals surface area contributed by atoms with E-state index in [-0.39, 0.29) is 49.8 Å². The number of halogens is 1. The van der Waals surface area contributed by atoms with Gasteiger partial charge in [-0.1, -0.05) is 23.7 Å². The predicted molar refractivity (Wildman–Crippen MR) is 108 cm³/mol. The molecule has 3 aliphatic rings. The molecule has 0 bridgehead atoms. The van der Waals surface area contributed by atoms with Crippen LogP contribution in [-0.4, -0.2) is 49.6 Å². The summed E-state index contributed by atoms with van der Waals surface area (Å²) in [5.74, 6) is -2.01. The zero-order valence-corrected chi connectivity index (χ0v) is 17.8. The van der Waals surface area contributed by atoms with E-state index in [1.807, 2.05) is 0 Å². The molecule has 30 heavy (non-hydrogen) atoms. The van der Waals surface area contributed by atoms with E-state index in [9.17, 15) is 23.1 Å². The first-order valence-electron chi connectivity index (χ1n) is 9.66. The van der Waals surface area contributed by atoms with Gasteiger partial charge in [-0.2, -0.15) is 0 Å². The topological polar surface area (TPSA) is 119 Å². The van der Waals surface area contributed by atoms with Crippen molar-refractivity contribution < 1.29 is 32.7 Å². The molecule has 8 nitrogen and oxygen atoms in total. The molecule has 0 amide bonds. The molecule has 0 spiro atoms. The highest BCUT2D eigenvalue weighted by atomic mass is 35.5. The highest BCUT2D eigenvalue weighted by Crippen LogP contribution is 2.42. The summed E-state index contributed by atoms with van der Waals surface area (Å²) in [6.45, 7) is 1.91. The first-order chi connectivity index (χ1) is 14.2. The number of carbonyl (C=O) groups is 2. The van der Waals surface area contributed by atoms with Crippen molar-refractivity contribution in [2.75, 3.05) is 12.4 Å². The number of carboxylic acid groups (broad SMARTS) is 1. The number of hydrogen-bond donors (Lipinski definition) is 1.